The Hall–Kier alpha value is -2.75. The van der Waals surface area contributed by atoms with Crippen molar-refractivity contribution in [3.8, 4) is 5.75 Å². The van der Waals surface area contributed by atoms with Crippen LogP contribution in [0.3, 0.4) is 0 Å². The smallest absolute Gasteiger partial charge is 0.387 e. The van der Waals surface area contributed by atoms with Gasteiger partial charge in [-0.2, -0.15) is 8.78 Å². The summed E-state index contributed by atoms with van der Waals surface area (Å²) in [5.41, 5.74) is 6.33. The largest absolute Gasteiger partial charge is 0.435 e. The maximum absolute atomic E-state index is 12.1. The molecule has 0 saturated heterocycles. The molecule has 0 spiro atoms. The van der Waals surface area contributed by atoms with Crippen LogP contribution >= 0.6 is 0 Å². The van der Waals surface area contributed by atoms with Crippen LogP contribution in [0.15, 0.2) is 40.8 Å². The van der Waals surface area contributed by atoms with Crippen LogP contribution in [0.4, 0.5) is 14.5 Å². The van der Waals surface area contributed by atoms with E-state index in [1.165, 1.54) is 24.3 Å². The van der Waals surface area contributed by atoms with Gasteiger partial charge in [0.15, 0.2) is 11.6 Å². The van der Waals surface area contributed by atoms with Crippen LogP contribution in [0.2, 0.25) is 0 Å². The molecule has 1 aliphatic heterocycles. The van der Waals surface area contributed by atoms with E-state index in [0.29, 0.717) is 5.69 Å². The van der Waals surface area contributed by atoms with Gasteiger partial charge in [0.1, 0.15) is 12.0 Å². The zero-order chi connectivity index (χ0) is 17.3. The van der Waals surface area contributed by atoms with E-state index in [4.69, 9.17) is 5.73 Å². The Morgan fingerprint density at radius 2 is 2.08 bits per heavy atom. The number of halogens is 2. The number of nitrogens with zero attached hydrogens (tertiary/aromatic N) is 2. The lowest BCUT2D eigenvalue weighted by atomic mass is 10.2. The molecule has 0 radical (unpaired) electrons. The van der Waals surface area contributed by atoms with Crippen molar-refractivity contribution in [1.29, 1.82) is 0 Å². The monoisotopic (exact) mass is 339 g/mol. The van der Waals surface area contributed by atoms with Crippen LogP contribution < -0.4 is 21.1 Å². The molecule has 8 nitrogen and oxygen atoms in total. The van der Waals surface area contributed by atoms with E-state index in [1.54, 1.807) is 0 Å². The van der Waals surface area contributed by atoms with Gasteiger partial charge >= 0.3 is 12.3 Å². The number of benzene rings is 1. The fourth-order valence-electron chi connectivity index (χ4n) is 2.36. The Bertz CT molecular complexity index is 703. The van der Waals surface area contributed by atoms with Gasteiger partial charge in [0.05, 0.1) is 4.92 Å². The molecule has 1 aliphatic carbocycles. The van der Waals surface area contributed by atoms with Gasteiger partial charge in [-0.3, -0.25) is 15.8 Å². The SMILES string of the molecule is NC1(C2CC2)N=CC([N+](=O)[O-])=C(Nc2ccc(OC(F)F)cc2)N1. The molecule has 24 heavy (non-hydrogen) atoms. The van der Waals surface area contributed by atoms with Crippen molar-refractivity contribution in [3.05, 3.63) is 45.9 Å². The van der Waals surface area contributed by atoms with Crippen molar-refractivity contribution < 1.29 is 18.4 Å². The quantitative estimate of drug-likeness (QED) is 0.538. The van der Waals surface area contributed by atoms with Gasteiger partial charge in [0.2, 0.25) is 0 Å². The normalized spacial score (nSPS) is 23.2. The highest BCUT2D eigenvalue weighted by Crippen LogP contribution is 2.39. The number of hydrogen-bond donors (Lipinski definition) is 3. The summed E-state index contributed by atoms with van der Waals surface area (Å²) >= 11 is 0. The molecule has 1 fully saturated rings. The third-order valence-corrected chi connectivity index (χ3v) is 3.73. The molecule has 0 bridgehead atoms. The molecule has 1 saturated carbocycles. The topological polar surface area (TPSA) is 115 Å². The fraction of sp³-hybridized carbons (Fsp3) is 0.357. The van der Waals surface area contributed by atoms with Crippen molar-refractivity contribution in [1.82, 2.24) is 5.32 Å². The molecule has 1 unspecified atom stereocenters. The van der Waals surface area contributed by atoms with E-state index in [1.807, 2.05) is 0 Å². The van der Waals surface area contributed by atoms with E-state index in [9.17, 15) is 18.9 Å². The van der Waals surface area contributed by atoms with Crippen molar-refractivity contribution in [3.63, 3.8) is 0 Å². The average molecular weight is 339 g/mol. The Morgan fingerprint density at radius 1 is 1.42 bits per heavy atom. The Labute approximate surface area is 135 Å². The second-order valence-corrected chi connectivity index (χ2v) is 5.53. The molecule has 1 aromatic rings. The zero-order valence-corrected chi connectivity index (χ0v) is 12.4. The number of anilines is 1. The summed E-state index contributed by atoms with van der Waals surface area (Å²) in [6.45, 7) is -2.92. The summed E-state index contributed by atoms with van der Waals surface area (Å²) in [5.74, 6) is -0.878. The number of nitrogens with one attached hydrogen (secondary N) is 2. The number of allylic oxidation sites excluding steroid dienone is 1. The van der Waals surface area contributed by atoms with Gasteiger partial charge in [-0.05, 0) is 37.1 Å². The van der Waals surface area contributed by atoms with E-state index in [-0.39, 0.29) is 23.2 Å². The second kappa shape index (κ2) is 6.04. The highest BCUT2D eigenvalue weighted by molar-refractivity contribution is 5.79. The lowest BCUT2D eigenvalue weighted by Crippen LogP contribution is -2.56. The van der Waals surface area contributed by atoms with E-state index in [0.717, 1.165) is 19.1 Å². The highest BCUT2D eigenvalue weighted by Gasteiger charge is 2.45. The highest BCUT2D eigenvalue weighted by atomic mass is 19.3. The predicted octanol–water partition coefficient (Wildman–Crippen LogP) is 1.84. The maximum Gasteiger partial charge on any atom is 0.387 e. The van der Waals surface area contributed by atoms with E-state index >= 15 is 0 Å². The zero-order valence-electron chi connectivity index (χ0n) is 12.4. The Morgan fingerprint density at radius 3 is 2.62 bits per heavy atom. The van der Waals surface area contributed by atoms with Crippen LogP contribution in [0.25, 0.3) is 0 Å². The number of aliphatic imine (C=N–C) groups is 1. The molecule has 10 heteroatoms. The van der Waals surface area contributed by atoms with Crippen LogP contribution in [-0.4, -0.2) is 23.5 Å². The minimum atomic E-state index is -2.92. The maximum atomic E-state index is 12.1. The molecule has 3 rings (SSSR count). The molecule has 1 atom stereocenters. The van der Waals surface area contributed by atoms with Crippen LogP contribution in [0, 0.1) is 16.0 Å². The van der Waals surface area contributed by atoms with E-state index in [2.05, 4.69) is 20.4 Å². The summed E-state index contributed by atoms with van der Waals surface area (Å²) in [7, 11) is 0. The van der Waals surface area contributed by atoms with Gasteiger partial charge in [-0.15, -0.1) is 0 Å². The fourth-order valence-corrected chi connectivity index (χ4v) is 2.36. The first-order valence-electron chi connectivity index (χ1n) is 7.20. The number of nitro groups is 1. The standard InChI is InChI=1S/C14H15F2N5O3/c15-13(16)24-10-5-3-9(4-6-10)19-12-11(21(22)23)7-18-14(17,20-12)8-1-2-8/h3-8,13,19-20H,1-2,17H2. The molecule has 0 aromatic heterocycles. The van der Waals surface area contributed by atoms with Gasteiger partial charge < -0.3 is 15.4 Å². The molecule has 0 amide bonds. The average Bonchev–Trinajstić information content (AvgIpc) is 3.34. The molecule has 2 aliphatic rings. The number of rotatable bonds is 6. The van der Waals surface area contributed by atoms with Gasteiger partial charge in [0, 0.05) is 11.6 Å². The summed E-state index contributed by atoms with van der Waals surface area (Å²) in [4.78, 5) is 14.6. The lowest BCUT2D eigenvalue weighted by Gasteiger charge is -2.31. The van der Waals surface area contributed by atoms with Crippen LogP contribution in [0.1, 0.15) is 12.8 Å². The number of alkyl halides is 2. The predicted molar refractivity (Wildman–Crippen MR) is 82.0 cm³/mol. The van der Waals surface area contributed by atoms with Crippen molar-refractivity contribution in [2.75, 3.05) is 5.32 Å². The number of hydrogen-bond acceptors (Lipinski definition) is 7. The summed E-state index contributed by atoms with van der Waals surface area (Å²) in [5, 5.41) is 16.9. The third-order valence-electron chi connectivity index (χ3n) is 3.73. The van der Waals surface area contributed by atoms with Crippen LogP contribution in [-0.2, 0) is 0 Å². The summed E-state index contributed by atoms with van der Waals surface area (Å²) in [6.07, 6.45) is 2.91. The van der Waals surface area contributed by atoms with Gasteiger partial charge in [-0.25, -0.2) is 4.99 Å². The second-order valence-electron chi connectivity index (χ2n) is 5.53. The molecule has 1 aromatic carbocycles. The Balaban J connectivity index is 1.79. The van der Waals surface area contributed by atoms with Crippen molar-refractivity contribution in [2.24, 2.45) is 16.6 Å². The number of ether oxygens (including phenoxy) is 1. The molecular weight excluding hydrogens is 324 g/mol. The van der Waals surface area contributed by atoms with Gasteiger partial charge in [0.25, 0.3) is 0 Å². The van der Waals surface area contributed by atoms with Crippen molar-refractivity contribution >= 4 is 11.9 Å². The Kier molecular flexibility index (Phi) is 4.06. The molecule has 128 valence electrons. The lowest BCUT2D eigenvalue weighted by molar-refractivity contribution is -0.416. The minimum Gasteiger partial charge on any atom is -0.435 e. The summed E-state index contributed by atoms with van der Waals surface area (Å²) < 4.78 is 28.5. The minimum absolute atomic E-state index is 0.0108. The van der Waals surface area contributed by atoms with Crippen molar-refractivity contribution in [2.45, 2.75) is 25.2 Å². The number of nitrogens with two attached hydrogens (primary N) is 1. The third kappa shape index (κ3) is 3.43. The molecule has 4 N–H and O–H groups in total. The first kappa shape index (κ1) is 16.1. The summed E-state index contributed by atoms with van der Waals surface area (Å²) in [6, 6.07) is 5.58. The first-order valence-corrected chi connectivity index (χ1v) is 7.20. The van der Waals surface area contributed by atoms with E-state index < -0.39 is 17.3 Å². The van der Waals surface area contributed by atoms with Gasteiger partial charge in [-0.1, -0.05) is 0 Å². The molecule has 1 heterocycles. The first-order chi connectivity index (χ1) is 11.4. The van der Waals surface area contributed by atoms with Crippen LogP contribution in [0.5, 0.6) is 5.75 Å². The molecular formula is C14H15F2N5O3.